The summed E-state index contributed by atoms with van der Waals surface area (Å²) in [7, 11) is 0. The van der Waals surface area contributed by atoms with Crippen LogP contribution < -0.4 is 0 Å². The van der Waals surface area contributed by atoms with E-state index in [1.165, 1.54) is 12.1 Å². The Morgan fingerprint density at radius 2 is 1.83 bits per heavy atom. The van der Waals surface area contributed by atoms with Crippen molar-refractivity contribution in [1.29, 1.82) is 5.26 Å². The molecule has 6 heteroatoms. The monoisotopic (exact) mass is 322 g/mol. The molecular weight excluding hydrogens is 307 g/mol. The molecule has 24 heavy (non-hydrogen) atoms. The van der Waals surface area contributed by atoms with Crippen molar-refractivity contribution in [2.45, 2.75) is 18.6 Å². The molecule has 2 aromatic carbocycles. The molecule has 2 unspecified atom stereocenters. The number of nitriles is 1. The van der Waals surface area contributed by atoms with Crippen LogP contribution in [0.25, 0.3) is 0 Å². The summed E-state index contributed by atoms with van der Waals surface area (Å²) in [6.45, 7) is 0. The predicted molar refractivity (Wildman–Crippen MR) is 85.4 cm³/mol. The largest absolute Gasteiger partial charge is 0.390 e. The maximum atomic E-state index is 13.0. The van der Waals surface area contributed by atoms with Gasteiger partial charge in [-0.05, 0) is 35.4 Å². The van der Waals surface area contributed by atoms with E-state index in [4.69, 9.17) is 5.26 Å². The molecular formula is C18H15FN4O. The summed E-state index contributed by atoms with van der Waals surface area (Å²) in [5.41, 5.74) is 2.18. The van der Waals surface area contributed by atoms with Gasteiger partial charge in [0.25, 0.3) is 0 Å². The number of hydrogen-bond donors (Lipinski definition) is 1. The molecule has 0 saturated heterocycles. The molecule has 0 saturated carbocycles. The number of aromatic nitrogens is 3. The van der Waals surface area contributed by atoms with Crippen molar-refractivity contribution in [3.8, 4) is 6.07 Å². The van der Waals surface area contributed by atoms with Crippen molar-refractivity contribution < 1.29 is 9.50 Å². The Bertz CT molecular complexity index is 823. The van der Waals surface area contributed by atoms with Gasteiger partial charge in [0.2, 0.25) is 0 Å². The number of halogens is 1. The lowest BCUT2D eigenvalue weighted by atomic mass is 9.95. The van der Waals surface area contributed by atoms with Gasteiger partial charge in [0, 0.05) is 12.6 Å². The third-order valence-corrected chi connectivity index (χ3v) is 3.83. The minimum atomic E-state index is -0.787. The summed E-state index contributed by atoms with van der Waals surface area (Å²) in [6, 6.07) is 14.6. The van der Waals surface area contributed by atoms with Gasteiger partial charge in [-0.3, -0.25) is 0 Å². The van der Waals surface area contributed by atoms with Crippen molar-refractivity contribution in [2.24, 2.45) is 0 Å². The molecule has 0 aliphatic heterocycles. The average Bonchev–Trinajstić information content (AvgIpc) is 3.12. The maximum Gasteiger partial charge on any atom is 0.123 e. The van der Waals surface area contributed by atoms with E-state index in [0.29, 0.717) is 12.0 Å². The lowest BCUT2D eigenvalue weighted by Gasteiger charge is -2.23. The van der Waals surface area contributed by atoms with Gasteiger partial charge in [-0.15, -0.1) is 5.10 Å². The molecule has 2 atom stereocenters. The van der Waals surface area contributed by atoms with Gasteiger partial charge in [-0.25, -0.2) is 9.07 Å². The summed E-state index contributed by atoms with van der Waals surface area (Å²) in [5, 5.41) is 27.5. The van der Waals surface area contributed by atoms with Crippen LogP contribution in [0.4, 0.5) is 4.39 Å². The lowest BCUT2D eigenvalue weighted by Crippen LogP contribution is -2.28. The molecule has 1 N–H and O–H groups in total. The third kappa shape index (κ3) is 3.47. The number of rotatable bonds is 5. The van der Waals surface area contributed by atoms with E-state index in [9.17, 15) is 9.50 Å². The topological polar surface area (TPSA) is 74.7 Å². The lowest BCUT2D eigenvalue weighted by molar-refractivity contribution is 0.123. The number of hydrogen-bond acceptors (Lipinski definition) is 4. The average molecular weight is 322 g/mol. The van der Waals surface area contributed by atoms with Crippen LogP contribution in [0.5, 0.6) is 0 Å². The molecule has 3 aromatic rings. The van der Waals surface area contributed by atoms with Gasteiger partial charge in [-0.2, -0.15) is 5.26 Å². The van der Waals surface area contributed by atoms with Crippen LogP contribution in [0.1, 0.15) is 22.7 Å². The van der Waals surface area contributed by atoms with Gasteiger partial charge in [0.15, 0.2) is 0 Å². The van der Waals surface area contributed by atoms with Crippen molar-refractivity contribution in [3.63, 3.8) is 0 Å². The molecule has 0 bridgehead atoms. The summed E-state index contributed by atoms with van der Waals surface area (Å²) >= 11 is 0. The van der Waals surface area contributed by atoms with E-state index in [2.05, 4.69) is 16.4 Å². The zero-order chi connectivity index (χ0) is 16.9. The number of aliphatic hydroxyl groups excluding tert-OH is 1. The van der Waals surface area contributed by atoms with E-state index < -0.39 is 12.1 Å². The Kier molecular flexibility index (Phi) is 4.64. The van der Waals surface area contributed by atoms with Crippen LogP contribution in [-0.4, -0.2) is 26.2 Å². The summed E-state index contributed by atoms with van der Waals surface area (Å²) in [6.07, 6.45) is 2.77. The van der Waals surface area contributed by atoms with Crippen LogP contribution >= 0.6 is 0 Å². The first kappa shape index (κ1) is 15.8. The molecule has 0 amide bonds. The quantitative estimate of drug-likeness (QED) is 0.783. The maximum absolute atomic E-state index is 13.0. The second-order valence-corrected chi connectivity index (χ2v) is 5.46. The van der Waals surface area contributed by atoms with Crippen molar-refractivity contribution in [1.82, 2.24) is 15.0 Å². The molecule has 0 spiro atoms. The third-order valence-electron chi connectivity index (χ3n) is 3.83. The summed E-state index contributed by atoms with van der Waals surface area (Å²) < 4.78 is 14.6. The van der Waals surface area contributed by atoms with E-state index in [0.717, 1.165) is 11.1 Å². The van der Waals surface area contributed by atoms with Gasteiger partial charge in [-0.1, -0.05) is 29.5 Å². The normalized spacial score (nSPS) is 13.2. The van der Waals surface area contributed by atoms with Crippen LogP contribution in [0.2, 0.25) is 0 Å². The Hall–Kier alpha value is -3.04. The molecule has 3 rings (SSSR count). The minimum absolute atomic E-state index is 0.312. The molecule has 0 fully saturated rings. The number of nitrogens with zero attached hydrogens (tertiary/aromatic N) is 4. The highest BCUT2D eigenvalue weighted by molar-refractivity contribution is 5.33. The van der Waals surface area contributed by atoms with Crippen LogP contribution in [-0.2, 0) is 6.42 Å². The van der Waals surface area contributed by atoms with E-state index in [-0.39, 0.29) is 5.82 Å². The van der Waals surface area contributed by atoms with Crippen molar-refractivity contribution in [3.05, 3.63) is 83.4 Å². The zero-order valence-corrected chi connectivity index (χ0v) is 12.7. The predicted octanol–water partition coefficient (Wildman–Crippen LogP) is 2.48. The molecule has 0 aliphatic rings. The van der Waals surface area contributed by atoms with Crippen molar-refractivity contribution in [2.75, 3.05) is 0 Å². The highest BCUT2D eigenvalue weighted by Crippen LogP contribution is 2.24. The number of benzene rings is 2. The van der Waals surface area contributed by atoms with Crippen LogP contribution in [0.15, 0.2) is 60.9 Å². The Labute approximate surface area is 138 Å². The first-order valence-corrected chi connectivity index (χ1v) is 7.46. The second kappa shape index (κ2) is 7.02. The minimum Gasteiger partial charge on any atom is -0.390 e. The Morgan fingerprint density at radius 3 is 2.42 bits per heavy atom. The highest BCUT2D eigenvalue weighted by Gasteiger charge is 2.24. The van der Waals surface area contributed by atoms with Gasteiger partial charge in [0.05, 0.1) is 23.9 Å². The van der Waals surface area contributed by atoms with Gasteiger partial charge >= 0.3 is 0 Å². The Balaban J connectivity index is 1.89. The Morgan fingerprint density at radius 1 is 1.12 bits per heavy atom. The standard InChI is InChI=1S/C18H15FN4O/c19-16-7-3-13(4-8-16)11-17(24)18(23-10-9-21-22-23)15-5-1-14(12-20)2-6-15/h1-10,17-18,24H,11H2. The van der Waals surface area contributed by atoms with E-state index >= 15 is 0 Å². The first-order valence-electron chi connectivity index (χ1n) is 7.46. The fourth-order valence-corrected chi connectivity index (χ4v) is 2.65. The van der Waals surface area contributed by atoms with Gasteiger partial charge in [0.1, 0.15) is 11.9 Å². The summed E-state index contributed by atoms with van der Waals surface area (Å²) in [5.74, 6) is -0.312. The summed E-state index contributed by atoms with van der Waals surface area (Å²) in [4.78, 5) is 0. The van der Waals surface area contributed by atoms with E-state index in [1.54, 1.807) is 53.5 Å². The van der Waals surface area contributed by atoms with Gasteiger partial charge < -0.3 is 5.11 Å². The molecule has 1 heterocycles. The SMILES string of the molecule is N#Cc1ccc(C(C(O)Cc2ccc(F)cc2)n2ccnn2)cc1. The molecule has 120 valence electrons. The van der Waals surface area contributed by atoms with Crippen LogP contribution in [0, 0.1) is 17.1 Å². The van der Waals surface area contributed by atoms with E-state index in [1.807, 2.05) is 0 Å². The second-order valence-electron chi connectivity index (χ2n) is 5.46. The molecule has 0 aliphatic carbocycles. The fourth-order valence-electron chi connectivity index (χ4n) is 2.65. The molecule has 5 nitrogen and oxygen atoms in total. The fraction of sp³-hybridized carbons (Fsp3) is 0.167. The van der Waals surface area contributed by atoms with Crippen molar-refractivity contribution >= 4 is 0 Å². The zero-order valence-electron chi connectivity index (χ0n) is 12.7. The number of aliphatic hydroxyl groups is 1. The highest BCUT2D eigenvalue weighted by atomic mass is 19.1. The smallest absolute Gasteiger partial charge is 0.123 e. The first-order chi connectivity index (χ1) is 11.7. The molecule has 1 aromatic heterocycles. The molecule has 0 radical (unpaired) electrons. The van der Waals surface area contributed by atoms with Crippen LogP contribution in [0.3, 0.4) is 0 Å².